The van der Waals surface area contributed by atoms with E-state index >= 15 is 0 Å². The Hall–Kier alpha value is -3.32. The number of nitrogens with two attached hydrogens (primary N) is 1. The van der Waals surface area contributed by atoms with Gasteiger partial charge in [0, 0.05) is 38.7 Å². The summed E-state index contributed by atoms with van der Waals surface area (Å²) in [6, 6.07) is 4.62. The van der Waals surface area contributed by atoms with Crippen molar-refractivity contribution in [1.29, 1.82) is 0 Å². The number of nitrogen functional groups attached to an aromatic ring is 1. The van der Waals surface area contributed by atoms with E-state index in [0.29, 0.717) is 38.3 Å². The number of nitro benzene ring substituents is 1. The highest BCUT2D eigenvalue weighted by Gasteiger charge is 2.23. The lowest BCUT2D eigenvalue weighted by Crippen LogP contribution is -2.37. The van der Waals surface area contributed by atoms with Crippen LogP contribution in [-0.2, 0) is 11.3 Å². The van der Waals surface area contributed by atoms with Crippen molar-refractivity contribution in [3.63, 3.8) is 0 Å². The lowest BCUT2D eigenvalue weighted by Gasteiger charge is -2.31. The number of nitrogens with zero attached hydrogens (tertiary/aromatic N) is 7. The number of non-ortho nitro benzene ring substituents is 1. The number of aryl methyl sites for hydroxylation is 1. The van der Waals surface area contributed by atoms with Gasteiger partial charge in [0.1, 0.15) is 0 Å². The van der Waals surface area contributed by atoms with E-state index in [1.807, 2.05) is 9.47 Å². The van der Waals surface area contributed by atoms with E-state index in [1.165, 1.54) is 35.2 Å². The molecule has 11 nitrogen and oxygen atoms in total. The van der Waals surface area contributed by atoms with Gasteiger partial charge in [0.05, 0.1) is 21.5 Å². The van der Waals surface area contributed by atoms with E-state index in [9.17, 15) is 14.9 Å². The van der Waals surface area contributed by atoms with Crippen molar-refractivity contribution in [1.82, 2.24) is 29.4 Å². The van der Waals surface area contributed by atoms with Crippen molar-refractivity contribution in [2.45, 2.75) is 42.2 Å². The number of hydrogen-bond donors (Lipinski definition) is 1. The Labute approximate surface area is 202 Å². The van der Waals surface area contributed by atoms with Gasteiger partial charge in [-0.1, -0.05) is 0 Å². The van der Waals surface area contributed by atoms with Gasteiger partial charge < -0.3 is 15.2 Å². The minimum atomic E-state index is -0.416. The number of hydrogen-bond acceptors (Lipinski definition) is 10. The van der Waals surface area contributed by atoms with Crippen LogP contribution in [0.5, 0.6) is 0 Å². The molecule has 13 heteroatoms. The van der Waals surface area contributed by atoms with Crippen LogP contribution in [0.1, 0.15) is 26.2 Å². The zero-order chi connectivity index (χ0) is 23.8. The van der Waals surface area contributed by atoms with Crippen molar-refractivity contribution < 1.29 is 9.72 Å². The smallest absolute Gasteiger partial charge is 0.270 e. The molecule has 1 aromatic heterocycles. The molecule has 0 unspecified atom stereocenters. The molecule has 0 aliphatic carbocycles. The van der Waals surface area contributed by atoms with Gasteiger partial charge >= 0.3 is 0 Å². The fourth-order valence-corrected chi connectivity index (χ4v) is 6.09. The molecule has 1 fully saturated rings. The second-order valence-corrected chi connectivity index (χ2v) is 10.5. The van der Waals surface area contributed by atoms with Gasteiger partial charge in [-0.25, -0.2) is 19.9 Å². The molecule has 0 radical (unpaired) electrons. The molecule has 0 bridgehead atoms. The topological polar surface area (TPSA) is 146 Å². The van der Waals surface area contributed by atoms with E-state index in [4.69, 9.17) is 5.73 Å². The molecule has 0 atom stereocenters. The van der Waals surface area contributed by atoms with Gasteiger partial charge in [-0.15, -0.1) is 11.3 Å². The molecule has 1 aromatic carbocycles. The Kier molecular flexibility index (Phi) is 6.04. The van der Waals surface area contributed by atoms with Crippen LogP contribution >= 0.6 is 23.1 Å². The zero-order valence-corrected chi connectivity index (χ0v) is 20.0. The van der Waals surface area contributed by atoms with Gasteiger partial charge in [-0.3, -0.25) is 14.9 Å². The normalized spacial score (nSPS) is 14.8. The van der Waals surface area contributed by atoms with E-state index in [2.05, 4.69) is 19.9 Å². The van der Waals surface area contributed by atoms with Crippen LogP contribution in [0.3, 0.4) is 0 Å². The molecule has 3 aliphatic rings. The number of thiazole rings is 1. The minimum absolute atomic E-state index is 0.0369. The highest BCUT2D eigenvalue weighted by Crippen LogP contribution is 2.37. The molecule has 34 heavy (non-hydrogen) atoms. The number of aromatic nitrogens is 5. The molecule has 4 heterocycles. The maximum atomic E-state index is 11.5. The average molecular weight is 499 g/mol. The molecule has 2 aromatic rings. The summed E-state index contributed by atoms with van der Waals surface area (Å²) >= 11 is 2.66. The molecule has 0 saturated carbocycles. The van der Waals surface area contributed by atoms with Crippen molar-refractivity contribution in [2.75, 3.05) is 18.8 Å². The third kappa shape index (κ3) is 4.53. The lowest BCUT2D eigenvalue weighted by atomic mass is 9.93. The summed E-state index contributed by atoms with van der Waals surface area (Å²) in [4.78, 5) is 42.1. The summed E-state index contributed by atoms with van der Waals surface area (Å²) in [5, 5.41) is 11.5. The van der Waals surface area contributed by atoms with E-state index in [-0.39, 0.29) is 11.6 Å². The second kappa shape index (κ2) is 9.14. The van der Waals surface area contributed by atoms with Crippen LogP contribution in [0.15, 0.2) is 34.0 Å². The molecule has 0 spiro atoms. The SMILES string of the molecule is CC(=O)N1CCC(CCn2cnc(N)c3nc(Sc4nc5ccc([N+](=O)[O-])cc5s4)nc2-3)CC1. The van der Waals surface area contributed by atoms with Crippen molar-refractivity contribution in [3.05, 3.63) is 34.6 Å². The fraction of sp³-hybridized carbons (Fsp3) is 0.381. The Morgan fingerprint density at radius 3 is 2.82 bits per heavy atom. The molecule has 1 amide bonds. The molecule has 3 aliphatic heterocycles. The predicted octanol–water partition coefficient (Wildman–Crippen LogP) is 3.68. The monoisotopic (exact) mass is 498 g/mol. The standard InChI is InChI=1S/C21H22N8O3S2/c1-12(30)27-7-4-13(5-8-27)6-9-28-11-23-18(22)17-19(28)26-20(25-17)34-21-24-15-3-2-14(29(31)32)10-16(15)33-21/h2-3,10-11,13H,4-9,22H2,1H3. The number of carbonyl (C=O) groups excluding carboxylic acids is 1. The first-order chi connectivity index (χ1) is 16.4. The maximum Gasteiger partial charge on any atom is 0.270 e. The second-order valence-electron chi connectivity index (χ2n) is 8.23. The number of piperidine rings is 1. The van der Waals surface area contributed by atoms with E-state index < -0.39 is 4.92 Å². The van der Waals surface area contributed by atoms with Gasteiger partial charge in [-0.2, -0.15) is 0 Å². The maximum absolute atomic E-state index is 11.5. The van der Waals surface area contributed by atoms with Crippen molar-refractivity contribution in [2.24, 2.45) is 5.92 Å². The summed E-state index contributed by atoms with van der Waals surface area (Å²) in [5.74, 6) is 1.67. The number of nitro groups is 1. The van der Waals surface area contributed by atoms with Crippen LogP contribution in [0.2, 0.25) is 0 Å². The molecule has 1 saturated heterocycles. The first-order valence-electron chi connectivity index (χ1n) is 10.8. The lowest BCUT2D eigenvalue weighted by molar-refractivity contribution is -0.384. The summed E-state index contributed by atoms with van der Waals surface area (Å²) in [6.07, 6.45) is 4.65. The predicted molar refractivity (Wildman–Crippen MR) is 129 cm³/mol. The highest BCUT2D eigenvalue weighted by atomic mass is 32.2. The number of anilines is 1. The number of fused-ring (bicyclic) bond motifs is 2. The van der Waals surface area contributed by atoms with Crippen LogP contribution in [-0.4, -0.2) is 53.3 Å². The summed E-state index contributed by atoms with van der Waals surface area (Å²) in [6.45, 7) is 3.97. The average Bonchev–Trinajstić information content (AvgIpc) is 3.42. The van der Waals surface area contributed by atoms with Crippen LogP contribution in [0, 0.1) is 16.0 Å². The third-order valence-corrected chi connectivity index (χ3v) is 8.00. The van der Waals surface area contributed by atoms with Crippen molar-refractivity contribution >= 4 is 50.7 Å². The number of likely N-dealkylation sites (tertiary alicyclic amines) is 1. The zero-order valence-electron chi connectivity index (χ0n) is 18.4. The number of amides is 1. The number of imidazole rings is 1. The third-order valence-electron chi connectivity index (χ3n) is 6.05. The Bertz CT molecular complexity index is 1350. The van der Waals surface area contributed by atoms with Gasteiger partial charge in [0.2, 0.25) is 5.91 Å². The van der Waals surface area contributed by atoms with Crippen molar-refractivity contribution in [3.8, 4) is 11.5 Å². The minimum Gasteiger partial charge on any atom is -0.382 e. The molecule has 5 rings (SSSR count). The fourth-order valence-electron chi connectivity index (χ4n) is 4.13. The summed E-state index contributed by atoms with van der Waals surface area (Å²) in [7, 11) is 0. The first kappa shape index (κ1) is 22.5. The Morgan fingerprint density at radius 1 is 1.29 bits per heavy atom. The first-order valence-corrected chi connectivity index (χ1v) is 12.5. The molecule has 176 valence electrons. The van der Waals surface area contributed by atoms with E-state index in [1.54, 1.807) is 19.3 Å². The number of carbonyl (C=O) groups is 1. The Balaban J connectivity index is 1.32. The number of rotatable bonds is 6. The van der Waals surface area contributed by atoms with E-state index in [0.717, 1.165) is 43.6 Å². The molecular formula is C21H22N8O3S2. The van der Waals surface area contributed by atoms with Gasteiger partial charge in [0.15, 0.2) is 26.8 Å². The largest absolute Gasteiger partial charge is 0.382 e. The summed E-state index contributed by atoms with van der Waals surface area (Å²) < 4.78 is 3.41. The Morgan fingerprint density at radius 2 is 2.09 bits per heavy atom. The summed E-state index contributed by atoms with van der Waals surface area (Å²) in [5.41, 5.74) is 7.35. The number of benzene rings is 1. The highest BCUT2D eigenvalue weighted by molar-refractivity contribution is 8.01. The van der Waals surface area contributed by atoms with Gasteiger partial charge in [-0.05, 0) is 43.0 Å². The van der Waals surface area contributed by atoms with Crippen LogP contribution < -0.4 is 5.73 Å². The van der Waals surface area contributed by atoms with Gasteiger partial charge in [0.25, 0.3) is 5.69 Å². The molecular weight excluding hydrogens is 476 g/mol. The van der Waals surface area contributed by atoms with Crippen LogP contribution in [0.4, 0.5) is 11.5 Å². The quantitative estimate of drug-likeness (QED) is 0.311. The molecule has 2 N–H and O–H groups in total. The van der Waals surface area contributed by atoms with Crippen LogP contribution in [0.25, 0.3) is 21.7 Å².